The van der Waals surface area contributed by atoms with E-state index in [9.17, 15) is 0 Å². The summed E-state index contributed by atoms with van der Waals surface area (Å²) in [5, 5.41) is 12.9. The lowest BCUT2D eigenvalue weighted by molar-refractivity contribution is 0.660. The molecular formula is C47H32. The predicted molar refractivity (Wildman–Crippen MR) is 202 cm³/mol. The van der Waals surface area contributed by atoms with E-state index in [1.807, 2.05) is 0 Å². The summed E-state index contributed by atoms with van der Waals surface area (Å²) in [6, 6.07) is 59.0. The summed E-state index contributed by atoms with van der Waals surface area (Å²) in [5.41, 5.74) is 10.6. The molecule has 220 valence electrons. The predicted octanol–water partition coefficient (Wildman–Crippen LogP) is 13.1. The van der Waals surface area contributed by atoms with Crippen molar-refractivity contribution < 1.29 is 0 Å². The molecule has 9 aromatic rings. The molecular weight excluding hydrogens is 565 g/mol. The van der Waals surface area contributed by atoms with E-state index in [-0.39, 0.29) is 5.41 Å². The Labute approximate surface area is 274 Å². The highest BCUT2D eigenvalue weighted by Gasteiger charge is 2.35. The van der Waals surface area contributed by atoms with Gasteiger partial charge in [-0.25, -0.2) is 0 Å². The Morgan fingerprint density at radius 3 is 1.45 bits per heavy atom. The zero-order valence-corrected chi connectivity index (χ0v) is 26.5. The maximum Gasteiger partial charge on any atom is 0.0159 e. The van der Waals surface area contributed by atoms with Crippen LogP contribution < -0.4 is 0 Å². The standard InChI is InChI=1S/C47H32/c1-47(2)45-22-12-11-21-38(45)39-24-23-30(26-46(39)47)40-27-42-36-19-9-10-20-37(36)43(28-44(42)35-18-8-6-16-33(35)40)41-25-29-13-3-4-14-31(29)32-15-5-7-17-34(32)41/h3-28H,1-2H3. The molecule has 0 amide bonds. The lowest BCUT2D eigenvalue weighted by Crippen LogP contribution is -2.14. The number of hydrogen-bond donors (Lipinski definition) is 0. The van der Waals surface area contributed by atoms with E-state index in [1.54, 1.807) is 0 Å². The molecule has 0 heteroatoms. The third-order valence-corrected chi connectivity index (χ3v) is 10.8. The van der Waals surface area contributed by atoms with Gasteiger partial charge in [0, 0.05) is 5.41 Å². The maximum atomic E-state index is 2.46. The van der Waals surface area contributed by atoms with Gasteiger partial charge in [-0.3, -0.25) is 0 Å². The highest BCUT2D eigenvalue weighted by Crippen LogP contribution is 2.50. The van der Waals surface area contributed by atoms with E-state index in [1.165, 1.54) is 98.4 Å². The minimum Gasteiger partial charge on any atom is -0.0619 e. The molecule has 0 radical (unpaired) electrons. The van der Waals surface area contributed by atoms with E-state index < -0.39 is 0 Å². The van der Waals surface area contributed by atoms with E-state index >= 15 is 0 Å². The molecule has 1 aliphatic carbocycles. The number of benzene rings is 9. The van der Waals surface area contributed by atoms with E-state index in [4.69, 9.17) is 0 Å². The molecule has 0 nitrogen and oxygen atoms in total. The molecule has 47 heavy (non-hydrogen) atoms. The van der Waals surface area contributed by atoms with Crippen LogP contribution in [0.1, 0.15) is 25.0 Å². The fourth-order valence-electron chi connectivity index (χ4n) is 8.56. The summed E-state index contributed by atoms with van der Waals surface area (Å²) in [5.74, 6) is 0. The van der Waals surface area contributed by atoms with Gasteiger partial charge in [-0.1, -0.05) is 147 Å². The first-order chi connectivity index (χ1) is 23.1. The van der Waals surface area contributed by atoms with Crippen LogP contribution in [0.3, 0.4) is 0 Å². The lowest BCUT2D eigenvalue weighted by Gasteiger charge is -2.22. The molecule has 1 aliphatic rings. The zero-order chi connectivity index (χ0) is 31.3. The Balaban J connectivity index is 1.28. The third-order valence-electron chi connectivity index (χ3n) is 10.8. The van der Waals surface area contributed by atoms with E-state index in [2.05, 4.69) is 172 Å². The van der Waals surface area contributed by atoms with Crippen LogP contribution in [0, 0.1) is 0 Å². The van der Waals surface area contributed by atoms with Gasteiger partial charge in [0.05, 0.1) is 0 Å². The Bertz CT molecular complexity index is 2760. The van der Waals surface area contributed by atoms with Crippen LogP contribution in [0.5, 0.6) is 0 Å². The van der Waals surface area contributed by atoms with Crippen molar-refractivity contribution in [1.82, 2.24) is 0 Å². The summed E-state index contributed by atoms with van der Waals surface area (Å²) in [6.07, 6.45) is 0. The van der Waals surface area contributed by atoms with Gasteiger partial charge in [0.1, 0.15) is 0 Å². The van der Waals surface area contributed by atoms with Crippen molar-refractivity contribution >= 4 is 53.9 Å². The first kappa shape index (κ1) is 26.5. The smallest absolute Gasteiger partial charge is 0.0159 e. The van der Waals surface area contributed by atoms with E-state index in [0.29, 0.717) is 0 Å². The second-order valence-corrected chi connectivity index (χ2v) is 13.7. The van der Waals surface area contributed by atoms with Crippen LogP contribution in [0.4, 0.5) is 0 Å². The van der Waals surface area contributed by atoms with Crippen LogP contribution in [-0.2, 0) is 5.41 Å². The fourth-order valence-corrected chi connectivity index (χ4v) is 8.56. The molecule has 0 saturated carbocycles. The van der Waals surface area contributed by atoms with E-state index in [0.717, 1.165) is 0 Å². The highest BCUT2D eigenvalue weighted by molar-refractivity contribution is 6.26. The maximum absolute atomic E-state index is 2.46. The fraction of sp³-hybridized carbons (Fsp3) is 0.0638. The molecule has 0 fully saturated rings. The summed E-state index contributed by atoms with van der Waals surface area (Å²) in [6.45, 7) is 4.73. The van der Waals surface area contributed by atoms with Crippen molar-refractivity contribution in [2.75, 3.05) is 0 Å². The molecule has 0 aromatic heterocycles. The van der Waals surface area contributed by atoms with Gasteiger partial charge in [-0.15, -0.1) is 0 Å². The zero-order valence-electron chi connectivity index (χ0n) is 26.5. The molecule has 0 bridgehead atoms. The van der Waals surface area contributed by atoms with Crippen LogP contribution in [0.15, 0.2) is 158 Å². The first-order valence-electron chi connectivity index (χ1n) is 16.6. The first-order valence-corrected chi connectivity index (χ1v) is 16.6. The Hall–Kier alpha value is -5.72. The van der Waals surface area contributed by atoms with Gasteiger partial charge < -0.3 is 0 Å². The second-order valence-electron chi connectivity index (χ2n) is 13.7. The lowest BCUT2D eigenvalue weighted by atomic mass is 9.81. The second kappa shape index (κ2) is 9.64. The minimum absolute atomic E-state index is 0.0428. The molecule has 9 aromatic carbocycles. The minimum atomic E-state index is -0.0428. The van der Waals surface area contributed by atoms with Gasteiger partial charge in [-0.2, -0.15) is 0 Å². The van der Waals surface area contributed by atoms with Gasteiger partial charge in [0.2, 0.25) is 0 Å². The van der Waals surface area contributed by atoms with Crippen LogP contribution in [0.2, 0.25) is 0 Å². The monoisotopic (exact) mass is 596 g/mol. The van der Waals surface area contributed by atoms with Crippen LogP contribution in [0.25, 0.3) is 87.2 Å². The Morgan fingerprint density at radius 2 is 0.766 bits per heavy atom. The summed E-state index contributed by atoms with van der Waals surface area (Å²) < 4.78 is 0. The number of rotatable bonds is 2. The Morgan fingerprint density at radius 1 is 0.298 bits per heavy atom. The molecule has 0 aliphatic heterocycles. The molecule has 0 heterocycles. The average Bonchev–Trinajstić information content (AvgIpc) is 3.36. The van der Waals surface area contributed by atoms with Crippen molar-refractivity contribution in [2.24, 2.45) is 0 Å². The Kier molecular flexibility index (Phi) is 5.44. The van der Waals surface area contributed by atoms with Crippen LogP contribution in [-0.4, -0.2) is 0 Å². The van der Waals surface area contributed by atoms with Crippen molar-refractivity contribution in [2.45, 2.75) is 19.3 Å². The molecule has 0 N–H and O–H groups in total. The van der Waals surface area contributed by atoms with Crippen molar-refractivity contribution in [3.05, 3.63) is 169 Å². The number of fused-ring (bicyclic) bond motifs is 11. The summed E-state index contributed by atoms with van der Waals surface area (Å²) in [7, 11) is 0. The molecule has 0 saturated heterocycles. The van der Waals surface area contributed by atoms with Gasteiger partial charge in [0.25, 0.3) is 0 Å². The normalized spacial score (nSPS) is 13.5. The molecule has 0 unspecified atom stereocenters. The average molecular weight is 597 g/mol. The molecule has 10 rings (SSSR count). The van der Waals surface area contributed by atoms with Gasteiger partial charge in [-0.05, 0) is 123 Å². The van der Waals surface area contributed by atoms with Crippen LogP contribution >= 0.6 is 0 Å². The largest absolute Gasteiger partial charge is 0.0619 e. The van der Waals surface area contributed by atoms with Gasteiger partial charge in [0.15, 0.2) is 0 Å². The number of hydrogen-bond acceptors (Lipinski definition) is 0. The summed E-state index contributed by atoms with van der Waals surface area (Å²) >= 11 is 0. The summed E-state index contributed by atoms with van der Waals surface area (Å²) in [4.78, 5) is 0. The quantitative estimate of drug-likeness (QED) is 0.174. The van der Waals surface area contributed by atoms with Crippen molar-refractivity contribution in [3.8, 4) is 33.4 Å². The molecule has 0 atom stereocenters. The SMILES string of the molecule is CC1(C)c2ccccc2-c2ccc(-c3cc4c5ccccc5c(-c5cc6ccccc6c6ccccc56)cc4c4ccccc34)cc21. The third kappa shape index (κ3) is 3.70. The molecule has 0 spiro atoms. The van der Waals surface area contributed by atoms with Crippen molar-refractivity contribution in [1.29, 1.82) is 0 Å². The van der Waals surface area contributed by atoms with Gasteiger partial charge >= 0.3 is 0 Å². The van der Waals surface area contributed by atoms with Crippen molar-refractivity contribution in [3.63, 3.8) is 0 Å². The topological polar surface area (TPSA) is 0 Å². The highest BCUT2D eigenvalue weighted by atomic mass is 14.4.